The third kappa shape index (κ3) is 4.75. The van der Waals surface area contributed by atoms with Gasteiger partial charge < -0.3 is 5.32 Å². The zero-order valence-corrected chi connectivity index (χ0v) is 11.5. The normalized spacial score (nSPS) is 12.2. The van der Waals surface area contributed by atoms with E-state index in [-0.39, 0.29) is 5.91 Å². The number of aromatic nitrogens is 1. The Hall–Kier alpha value is -0.420. The fourth-order valence-corrected chi connectivity index (χ4v) is 1.45. The van der Waals surface area contributed by atoms with Crippen molar-refractivity contribution in [1.29, 1.82) is 0 Å². The van der Waals surface area contributed by atoms with Crippen LogP contribution >= 0.6 is 31.9 Å². The standard InChI is InChI=1S/C10H12Br2N2O/c1-7(11)4-5-13-10(15)9-3-2-8(12)6-14-9/h2-3,6-7H,4-5H2,1H3,(H,13,15). The van der Waals surface area contributed by atoms with Gasteiger partial charge in [0.2, 0.25) is 0 Å². The summed E-state index contributed by atoms with van der Waals surface area (Å²) >= 11 is 6.68. The lowest BCUT2D eigenvalue weighted by Crippen LogP contribution is -2.26. The van der Waals surface area contributed by atoms with Crippen molar-refractivity contribution in [3.05, 3.63) is 28.5 Å². The number of rotatable bonds is 4. The average Bonchev–Trinajstić information content (AvgIpc) is 2.18. The molecule has 0 aliphatic carbocycles. The van der Waals surface area contributed by atoms with Crippen LogP contribution < -0.4 is 5.32 Å². The molecule has 0 aliphatic heterocycles. The van der Waals surface area contributed by atoms with Gasteiger partial charge in [0.15, 0.2) is 0 Å². The molecule has 1 atom stereocenters. The van der Waals surface area contributed by atoms with E-state index in [1.165, 1.54) is 0 Å². The second-order valence-corrected chi connectivity index (χ2v) is 5.67. The van der Waals surface area contributed by atoms with Gasteiger partial charge in [-0.15, -0.1) is 0 Å². The summed E-state index contributed by atoms with van der Waals surface area (Å²) in [6.45, 7) is 2.70. The molecule has 3 nitrogen and oxygen atoms in total. The number of pyridine rings is 1. The Morgan fingerprint density at radius 1 is 1.60 bits per heavy atom. The lowest BCUT2D eigenvalue weighted by molar-refractivity contribution is 0.0948. The molecule has 0 aliphatic rings. The van der Waals surface area contributed by atoms with E-state index in [1.807, 2.05) is 6.92 Å². The average molecular weight is 336 g/mol. The number of hydrogen-bond donors (Lipinski definition) is 1. The first kappa shape index (κ1) is 12.6. The summed E-state index contributed by atoms with van der Waals surface area (Å²) in [5, 5.41) is 2.80. The van der Waals surface area contributed by atoms with Crippen LogP contribution in [0.15, 0.2) is 22.8 Å². The maximum atomic E-state index is 11.5. The Balaban J connectivity index is 2.43. The van der Waals surface area contributed by atoms with E-state index in [4.69, 9.17) is 0 Å². The van der Waals surface area contributed by atoms with Gasteiger partial charge in [-0.2, -0.15) is 0 Å². The predicted molar refractivity (Wildman–Crippen MR) is 67.3 cm³/mol. The van der Waals surface area contributed by atoms with Gasteiger partial charge in [-0.25, -0.2) is 4.98 Å². The minimum atomic E-state index is -0.129. The molecule has 1 aromatic rings. The Morgan fingerprint density at radius 2 is 2.33 bits per heavy atom. The summed E-state index contributed by atoms with van der Waals surface area (Å²) in [4.78, 5) is 16.0. The number of carbonyl (C=O) groups excluding carboxylic acids is 1. The van der Waals surface area contributed by atoms with Gasteiger partial charge in [0.05, 0.1) is 0 Å². The van der Waals surface area contributed by atoms with E-state index >= 15 is 0 Å². The Morgan fingerprint density at radius 3 is 2.87 bits per heavy atom. The highest BCUT2D eigenvalue weighted by Gasteiger charge is 2.06. The first-order valence-electron chi connectivity index (χ1n) is 4.63. The van der Waals surface area contributed by atoms with Crippen molar-refractivity contribution in [2.75, 3.05) is 6.54 Å². The van der Waals surface area contributed by atoms with Gasteiger partial charge in [0.1, 0.15) is 5.69 Å². The van der Waals surface area contributed by atoms with E-state index in [2.05, 4.69) is 42.2 Å². The van der Waals surface area contributed by atoms with Crippen molar-refractivity contribution in [2.24, 2.45) is 0 Å². The molecule has 0 fully saturated rings. The summed E-state index contributed by atoms with van der Waals surface area (Å²) in [5.41, 5.74) is 0.445. The van der Waals surface area contributed by atoms with Crippen molar-refractivity contribution in [3.63, 3.8) is 0 Å². The van der Waals surface area contributed by atoms with E-state index in [1.54, 1.807) is 18.3 Å². The van der Waals surface area contributed by atoms with Crippen LogP contribution in [0, 0.1) is 0 Å². The number of halogens is 2. The second-order valence-electron chi connectivity index (χ2n) is 3.19. The highest BCUT2D eigenvalue weighted by atomic mass is 79.9. The largest absolute Gasteiger partial charge is 0.351 e. The van der Waals surface area contributed by atoms with Crippen molar-refractivity contribution in [1.82, 2.24) is 10.3 Å². The third-order valence-electron chi connectivity index (χ3n) is 1.79. The van der Waals surface area contributed by atoms with Gasteiger partial charge >= 0.3 is 0 Å². The predicted octanol–water partition coefficient (Wildman–Crippen LogP) is 2.75. The summed E-state index contributed by atoms with van der Waals surface area (Å²) < 4.78 is 0.869. The van der Waals surface area contributed by atoms with Crippen LogP contribution in [0.25, 0.3) is 0 Å². The molecule has 0 spiro atoms. The third-order valence-corrected chi connectivity index (χ3v) is 2.71. The molecule has 15 heavy (non-hydrogen) atoms. The molecule has 82 valence electrons. The minimum absolute atomic E-state index is 0.129. The molecule has 0 bridgehead atoms. The number of nitrogens with zero attached hydrogens (tertiary/aromatic N) is 1. The molecule has 0 aromatic carbocycles. The molecule has 1 unspecified atom stereocenters. The van der Waals surface area contributed by atoms with Crippen LogP contribution in [0.2, 0.25) is 0 Å². The van der Waals surface area contributed by atoms with Gasteiger partial charge in [-0.1, -0.05) is 22.9 Å². The van der Waals surface area contributed by atoms with Gasteiger partial charge in [0.25, 0.3) is 5.91 Å². The van der Waals surface area contributed by atoms with Gasteiger partial charge in [-0.05, 0) is 34.5 Å². The molecule has 1 N–H and O–H groups in total. The monoisotopic (exact) mass is 334 g/mol. The van der Waals surface area contributed by atoms with Crippen molar-refractivity contribution in [3.8, 4) is 0 Å². The molecule has 5 heteroatoms. The first-order chi connectivity index (χ1) is 7.09. The second kappa shape index (κ2) is 6.23. The van der Waals surface area contributed by atoms with Crippen molar-refractivity contribution in [2.45, 2.75) is 18.2 Å². The molecule has 1 rings (SSSR count). The Kier molecular flexibility index (Phi) is 5.25. The molecule has 0 saturated carbocycles. The van der Waals surface area contributed by atoms with Crippen LogP contribution in [0.1, 0.15) is 23.8 Å². The number of hydrogen-bond acceptors (Lipinski definition) is 2. The zero-order chi connectivity index (χ0) is 11.3. The molecular formula is C10H12Br2N2O. The fraction of sp³-hybridized carbons (Fsp3) is 0.400. The Labute approximate surface area is 106 Å². The quantitative estimate of drug-likeness (QED) is 0.860. The molecule has 0 saturated heterocycles. The summed E-state index contributed by atoms with van der Waals surface area (Å²) in [5.74, 6) is -0.129. The number of alkyl halides is 1. The van der Waals surface area contributed by atoms with Crippen LogP contribution in [0.5, 0.6) is 0 Å². The van der Waals surface area contributed by atoms with Crippen LogP contribution in [0.4, 0.5) is 0 Å². The summed E-state index contributed by atoms with van der Waals surface area (Å²) in [6, 6.07) is 3.49. The summed E-state index contributed by atoms with van der Waals surface area (Å²) in [7, 11) is 0. The van der Waals surface area contributed by atoms with E-state index in [0.29, 0.717) is 17.1 Å². The highest BCUT2D eigenvalue weighted by molar-refractivity contribution is 9.10. The first-order valence-corrected chi connectivity index (χ1v) is 6.34. The molecule has 1 amide bonds. The zero-order valence-electron chi connectivity index (χ0n) is 8.34. The maximum absolute atomic E-state index is 11.5. The summed E-state index contributed by atoms with van der Waals surface area (Å²) in [6.07, 6.45) is 2.52. The van der Waals surface area contributed by atoms with Crippen molar-refractivity contribution < 1.29 is 4.79 Å². The van der Waals surface area contributed by atoms with E-state index < -0.39 is 0 Å². The smallest absolute Gasteiger partial charge is 0.269 e. The SMILES string of the molecule is CC(Br)CCNC(=O)c1ccc(Br)cn1. The molecule has 0 radical (unpaired) electrons. The lowest BCUT2D eigenvalue weighted by Gasteiger charge is -2.05. The maximum Gasteiger partial charge on any atom is 0.269 e. The van der Waals surface area contributed by atoms with Crippen molar-refractivity contribution >= 4 is 37.8 Å². The number of nitrogens with one attached hydrogen (secondary N) is 1. The topological polar surface area (TPSA) is 42.0 Å². The van der Waals surface area contributed by atoms with E-state index in [9.17, 15) is 4.79 Å². The molecule has 1 aromatic heterocycles. The van der Waals surface area contributed by atoms with Crippen LogP contribution in [0.3, 0.4) is 0 Å². The van der Waals surface area contributed by atoms with Gasteiger partial charge in [-0.3, -0.25) is 4.79 Å². The number of carbonyl (C=O) groups is 1. The number of amides is 1. The lowest BCUT2D eigenvalue weighted by atomic mass is 10.3. The van der Waals surface area contributed by atoms with Crippen LogP contribution in [-0.4, -0.2) is 22.3 Å². The highest BCUT2D eigenvalue weighted by Crippen LogP contribution is 2.07. The minimum Gasteiger partial charge on any atom is -0.351 e. The fourth-order valence-electron chi connectivity index (χ4n) is 0.985. The van der Waals surface area contributed by atoms with Crippen LogP contribution in [-0.2, 0) is 0 Å². The van der Waals surface area contributed by atoms with E-state index in [0.717, 1.165) is 10.9 Å². The van der Waals surface area contributed by atoms with Gasteiger partial charge in [0, 0.05) is 22.0 Å². The Bertz CT molecular complexity index is 325. The molecular weight excluding hydrogens is 324 g/mol. The molecule has 1 heterocycles.